The molecule has 1 N–H and O–H groups in total. The number of nitrogens with one attached hydrogen (secondary N) is 1. The molecule has 1 aromatic heterocycles. The number of halogens is 3. The van der Waals surface area contributed by atoms with Crippen molar-refractivity contribution in [2.75, 3.05) is 12.0 Å². The van der Waals surface area contributed by atoms with Crippen molar-refractivity contribution in [3.63, 3.8) is 0 Å². The van der Waals surface area contributed by atoms with Crippen LogP contribution in [0.4, 0.5) is 10.1 Å². The number of ether oxygens (including phenoxy) is 1. The summed E-state index contributed by atoms with van der Waals surface area (Å²) in [7, 11) is 1.26. The SMILES string of the molecule is COC(=O)c1ccc(Cl)c(-c2ccc(/C=C3\C(=O)NC(=S)N(c4ccc(F)c(Cl)c4)C3=O)o2)c1. The summed E-state index contributed by atoms with van der Waals surface area (Å²) in [5, 5.41) is 2.34. The van der Waals surface area contributed by atoms with E-state index in [1.54, 1.807) is 6.07 Å². The highest BCUT2D eigenvalue weighted by atomic mass is 35.5. The van der Waals surface area contributed by atoms with E-state index >= 15 is 0 Å². The fourth-order valence-electron chi connectivity index (χ4n) is 3.19. The van der Waals surface area contributed by atoms with E-state index in [0.717, 1.165) is 11.0 Å². The maximum Gasteiger partial charge on any atom is 0.337 e. The number of carbonyl (C=O) groups is 3. The van der Waals surface area contributed by atoms with Crippen LogP contribution in [0.1, 0.15) is 16.1 Å². The van der Waals surface area contributed by atoms with Crippen LogP contribution in [0.25, 0.3) is 17.4 Å². The summed E-state index contributed by atoms with van der Waals surface area (Å²) in [5.74, 6) is -2.24. The molecule has 11 heteroatoms. The minimum absolute atomic E-state index is 0.165. The van der Waals surface area contributed by atoms with E-state index in [1.807, 2.05) is 0 Å². The Balaban J connectivity index is 1.69. The number of furan rings is 1. The van der Waals surface area contributed by atoms with Crippen LogP contribution in [0.5, 0.6) is 0 Å². The third kappa shape index (κ3) is 4.45. The summed E-state index contributed by atoms with van der Waals surface area (Å²) >= 11 is 17.2. The van der Waals surface area contributed by atoms with E-state index < -0.39 is 23.6 Å². The largest absolute Gasteiger partial charge is 0.465 e. The molecule has 2 amide bonds. The number of hydrogen-bond donors (Lipinski definition) is 1. The van der Waals surface area contributed by atoms with Gasteiger partial charge in [-0.15, -0.1) is 0 Å². The van der Waals surface area contributed by atoms with Crippen molar-refractivity contribution in [2.45, 2.75) is 0 Å². The van der Waals surface area contributed by atoms with Gasteiger partial charge < -0.3 is 9.15 Å². The van der Waals surface area contributed by atoms with E-state index in [1.165, 1.54) is 49.6 Å². The number of rotatable bonds is 4. The smallest absolute Gasteiger partial charge is 0.337 e. The van der Waals surface area contributed by atoms with Gasteiger partial charge in [0.1, 0.15) is 22.9 Å². The molecule has 0 aliphatic carbocycles. The average molecular weight is 519 g/mol. The Bertz CT molecular complexity index is 1400. The van der Waals surface area contributed by atoms with Gasteiger partial charge in [0, 0.05) is 5.56 Å². The second-order valence-corrected chi connectivity index (χ2v) is 8.15. The molecule has 0 unspecified atom stereocenters. The van der Waals surface area contributed by atoms with Crippen LogP contribution >= 0.6 is 35.4 Å². The molecular weight excluding hydrogens is 506 g/mol. The first-order valence-corrected chi connectivity index (χ1v) is 10.7. The highest BCUT2D eigenvalue weighted by molar-refractivity contribution is 7.80. The van der Waals surface area contributed by atoms with Crippen LogP contribution in [0.15, 0.2) is 58.5 Å². The van der Waals surface area contributed by atoms with Crippen LogP contribution in [0.2, 0.25) is 10.0 Å². The Morgan fingerprint density at radius 1 is 1.12 bits per heavy atom. The normalized spacial score (nSPS) is 15.0. The predicted molar refractivity (Wildman–Crippen MR) is 128 cm³/mol. The number of anilines is 1. The number of nitrogens with zero attached hydrogens (tertiary/aromatic N) is 1. The second-order valence-electron chi connectivity index (χ2n) is 6.94. The summed E-state index contributed by atoms with van der Waals surface area (Å²) in [6.07, 6.45) is 1.24. The average Bonchev–Trinajstić information content (AvgIpc) is 3.27. The summed E-state index contributed by atoms with van der Waals surface area (Å²) in [6, 6.07) is 11.2. The summed E-state index contributed by atoms with van der Waals surface area (Å²) in [6.45, 7) is 0. The number of methoxy groups -OCH3 is 1. The molecule has 2 heterocycles. The van der Waals surface area contributed by atoms with Crippen LogP contribution < -0.4 is 10.2 Å². The fourth-order valence-corrected chi connectivity index (χ4v) is 3.86. The first-order chi connectivity index (χ1) is 16.2. The molecule has 172 valence electrons. The molecule has 1 aliphatic rings. The molecule has 4 rings (SSSR count). The molecule has 0 spiro atoms. The second kappa shape index (κ2) is 9.38. The number of amides is 2. The number of thiocarbonyl (C=S) groups is 1. The maximum atomic E-state index is 13.5. The summed E-state index contributed by atoms with van der Waals surface area (Å²) in [5.41, 5.74) is 0.586. The monoisotopic (exact) mass is 518 g/mol. The Morgan fingerprint density at radius 3 is 2.59 bits per heavy atom. The van der Waals surface area contributed by atoms with Gasteiger partial charge in [-0.1, -0.05) is 23.2 Å². The van der Waals surface area contributed by atoms with Gasteiger partial charge in [0.25, 0.3) is 11.8 Å². The minimum Gasteiger partial charge on any atom is -0.465 e. The third-order valence-corrected chi connectivity index (χ3v) is 5.73. The standard InChI is InChI=1S/C23H13Cl2FN2O5S/c1-32-22(31)11-2-5-16(24)14(8-11)19-7-4-13(33-19)10-15-20(29)27-23(34)28(21(15)30)12-3-6-18(26)17(25)9-12/h2-10H,1H3,(H,27,29,34)/b15-10+. The predicted octanol–water partition coefficient (Wildman–Crippen LogP) is 5.01. The van der Waals surface area contributed by atoms with Crippen LogP contribution in [0, 0.1) is 5.82 Å². The lowest BCUT2D eigenvalue weighted by Gasteiger charge is -2.28. The Kier molecular flexibility index (Phi) is 6.52. The Morgan fingerprint density at radius 2 is 1.88 bits per heavy atom. The fraction of sp³-hybridized carbons (Fsp3) is 0.0435. The van der Waals surface area contributed by atoms with Gasteiger partial charge in [0.15, 0.2) is 5.11 Å². The van der Waals surface area contributed by atoms with Crippen molar-refractivity contribution in [2.24, 2.45) is 0 Å². The molecule has 2 aromatic carbocycles. The molecule has 1 fully saturated rings. The van der Waals surface area contributed by atoms with E-state index in [0.29, 0.717) is 16.3 Å². The molecule has 3 aromatic rings. The summed E-state index contributed by atoms with van der Waals surface area (Å²) in [4.78, 5) is 38.4. The minimum atomic E-state index is -0.750. The number of hydrogen-bond acceptors (Lipinski definition) is 6. The number of esters is 1. The van der Waals surface area contributed by atoms with Gasteiger partial charge in [0.2, 0.25) is 0 Å². The Hall–Kier alpha value is -3.53. The zero-order chi connectivity index (χ0) is 24.6. The molecule has 0 atom stereocenters. The van der Waals surface area contributed by atoms with Gasteiger partial charge in [-0.25, -0.2) is 9.18 Å². The van der Waals surface area contributed by atoms with Gasteiger partial charge >= 0.3 is 5.97 Å². The van der Waals surface area contributed by atoms with E-state index in [9.17, 15) is 18.8 Å². The lowest BCUT2D eigenvalue weighted by molar-refractivity contribution is -0.122. The molecule has 7 nitrogen and oxygen atoms in total. The van der Waals surface area contributed by atoms with Crippen molar-refractivity contribution >= 4 is 70.1 Å². The van der Waals surface area contributed by atoms with Gasteiger partial charge in [-0.3, -0.25) is 19.8 Å². The molecule has 1 aliphatic heterocycles. The van der Waals surface area contributed by atoms with Gasteiger partial charge in [-0.05, 0) is 66.8 Å². The van der Waals surface area contributed by atoms with E-state index in [4.69, 9.17) is 44.6 Å². The van der Waals surface area contributed by atoms with Crippen LogP contribution in [0.3, 0.4) is 0 Å². The van der Waals surface area contributed by atoms with E-state index in [2.05, 4.69) is 5.32 Å². The highest BCUT2D eigenvalue weighted by Gasteiger charge is 2.35. The molecule has 0 radical (unpaired) electrons. The summed E-state index contributed by atoms with van der Waals surface area (Å²) < 4.78 is 24.0. The first-order valence-electron chi connectivity index (χ1n) is 9.54. The van der Waals surface area contributed by atoms with Crippen molar-refractivity contribution in [1.82, 2.24) is 5.32 Å². The molecule has 1 saturated heterocycles. The molecular formula is C23H13Cl2FN2O5S. The maximum absolute atomic E-state index is 13.5. The third-order valence-electron chi connectivity index (χ3n) is 4.83. The zero-order valence-corrected chi connectivity index (χ0v) is 19.6. The number of benzene rings is 2. The van der Waals surface area contributed by atoms with E-state index in [-0.39, 0.29) is 32.7 Å². The quantitative estimate of drug-likeness (QED) is 0.226. The Labute approximate surface area is 207 Å². The van der Waals surface area contributed by atoms with Crippen molar-refractivity contribution in [3.05, 3.63) is 81.3 Å². The van der Waals surface area contributed by atoms with Crippen molar-refractivity contribution in [3.8, 4) is 11.3 Å². The first kappa shape index (κ1) is 23.6. The topological polar surface area (TPSA) is 88.9 Å². The van der Waals surface area contributed by atoms with Gasteiger partial charge in [-0.2, -0.15) is 0 Å². The lowest BCUT2D eigenvalue weighted by atomic mass is 10.1. The highest BCUT2D eigenvalue weighted by Crippen LogP contribution is 2.32. The van der Waals surface area contributed by atoms with Crippen LogP contribution in [-0.4, -0.2) is 30.0 Å². The van der Waals surface area contributed by atoms with Crippen molar-refractivity contribution in [1.29, 1.82) is 0 Å². The number of carbonyl (C=O) groups excluding carboxylic acids is 3. The molecule has 0 saturated carbocycles. The lowest BCUT2D eigenvalue weighted by Crippen LogP contribution is -2.54. The van der Waals surface area contributed by atoms with Gasteiger partial charge in [0.05, 0.1) is 28.4 Å². The molecule has 0 bridgehead atoms. The molecule has 34 heavy (non-hydrogen) atoms. The van der Waals surface area contributed by atoms with Crippen LogP contribution in [-0.2, 0) is 14.3 Å². The van der Waals surface area contributed by atoms with Crippen molar-refractivity contribution < 1.29 is 27.9 Å². The zero-order valence-electron chi connectivity index (χ0n) is 17.2.